The molecule has 0 aliphatic carbocycles. The maximum Gasteiger partial charge on any atom is 0.329 e. The van der Waals surface area contributed by atoms with Gasteiger partial charge in [-0.2, -0.15) is 8.42 Å². The fourth-order valence-electron chi connectivity index (χ4n) is 8.10. The number of nitrogens with zero attached hydrogens (tertiary/aromatic N) is 3. The number of nitrogens with two attached hydrogens (primary N) is 2. The monoisotopic (exact) mass is 1020 g/mol. The molecule has 3 rings (SSSR count). The number of nitrogens with one attached hydrogen (secondary N) is 5. The largest absolute Gasteiger partial charge is 0.508 e. The number of esters is 1. The van der Waals surface area contributed by atoms with E-state index in [0.717, 1.165) is 9.80 Å². The van der Waals surface area contributed by atoms with Gasteiger partial charge in [0.2, 0.25) is 35.4 Å². The number of phenolic OH excluding ortho intramolecular Hbond substituents is 1. The van der Waals surface area contributed by atoms with E-state index in [1.165, 1.54) is 38.2 Å². The number of benzene rings is 1. The summed E-state index contributed by atoms with van der Waals surface area (Å²) in [7, 11) is -3.52. The van der Waals surface area contributed by atoms with Crippen LogP contribution in [0.5, 0.6) is 5.75 Å². The number of aliphatic imine (C=N–C) groups is 1. The lowest BCUT2D eigenvalue weighted by Gasteiger charge is -2.43. The van der Waals surface area contributed by atoms with Crippen molar-refractivity contribution in [1.82, 2.24) is 36.4 Å². The summed E-state index contributed by atoms with van der Waals surface area (Å²) in [5.74, 6) is -11.2. The highest BCUT2D eigenvalue weighted by Crippen LogP contribution is 2.27. The number of piperidine rings is 1. The summed E-state index contributed by atoms with van der Waals surface area (Å²) in [6.07, 6.45) is -6.12. The van der Waals surface area contributed by atoms with Crippen molar-refractivity contribution in [2.24, 2.45) is 34.2 Å². The lowest BCUT2D eigenvalue weighted by molar-refractivity contribution is -0.166. The Morgan fingerprint density at radius 1 is 0.887 bits per heavy atom. The van der Waals surface area contributed by atoms with Gasteiger partial charge < -0.3 is 67.9 Å². The summed E-state index contributed by atoms with van der Waals surface area (Å²) in [4.78, 5) is 120. The second-order valence-electron chi connectivity index (χ2n) is 19.2. The van der Waals surface area contributed by atoms with E-state index < -0.39 is 130 Å². The third kappa shape index (κ3) is 17.9. The molecule has 0 aromatic heterocycles. The number of hydrogen-bond donors (Lipinski definition) is 11. The van der Waals surface area contributed by atoms with Gasteiger partial charge in [0, 0.05) is 20.0 Å². The van der Waals surface area contributed by atoms with Crippen molar-refractivity contribution in [3.63, 3.8) is 0 Å². The molecule has 71 heavy (non-hydrogen) atoms. The lowest BCUT2D eigenvalue weighted by atomic mass is 9.94. The summed E-state index contributed by atoms with van der Waals surface area (Å²) in [5, 5.41) is 44.1. The van der Waals surface area contributed by atoms with Crippen LogP contribution in [0.4, 0.5) is 0 Å². The van der Waals surface area contributed by atoms with E-state index >= 15 is 0 Å². The number of fused-ring (bicyclic) bond motifs is 2. The molecular weight excluding hydrogens is 953 g/mol. The van der Waals surface area contributed by atoms with Crippen LogP contribution >= 0.6 is 0 Å². The molecule has 2 saturated heterocycles. The lowest BCUT2D eigenvalue weighted by Crippen LogP contribution is -2.65. The number of likely N-dealkylation sites (N-methyl/N-ethyl adjacent to an activating group) is 1. The average molecular weight is 1030 g/mol. The Kier molecular flexibility index (Phi) is 22.0. The van der Waals surface area contributed by atoms with Gasteiger partial charge in [-0.1, -0.05) is 53.7 Å². The molecule has 26 heteroatoms. The minimum atomic E-state index is -4.85. The molecule has 398 valence electrons. The normalized spacial score (nSPS) is 25.2. The van der Waals surface area contributed by atoms with E-state index in [4.69, 9.17) is 16.2 Å². The average Bonchev–Trinajstić information content (AvgIpc) is 3.26. The van der Waals surface area contributed by atoms with Gasteiger partial charge in [-0.05, 0) is 80.9 Å². The van der Waals surface area contributed by atoms with Gasteiger partial charge >= 0.3 is 5.97 Å². The number of phenols is 1. The first-order valence-corrected chi connectivity index (χ1v) is 25.1. The predicted octanol–water partition coefficient (Wildman–Crippen LogP) is -2.51. The van der Waals surface area contributed by atoms with E-state index in [9.17, 15) is 66.6 Å². The zero-order chi connectivity index (χ0) is 53.7. The molecule has 0 radical (unpaired) electrons. The number of aliphatic hydroxyl groups is 2. The number of aromatic hydroxyl groups is 1. The van der Waals surface area contributed by atoms with E-state index in [0.29, 0.717) is 5.56 Å². The van der Waals surface area contributed by atoms with Gasteiger partial charge in [-0.25, -0.2) is 4.79 Å². The summed E-state index contributed by atoms with van der Waals surface area (Å²) in [6, 6.07) is -4.81. The number of cyclic esters (lactones) is 1. The van der Waals surface area contributed by atoms with Crippen molar-refractivity contribution < 1.29 is 71.4 Å². The van der Waals surface area contributed by atoms with Crippen molar-refractivity contribution in [3.8, 4) is 5.75 Å². The standard InChI is InChI=1S/C45H72N10O15S/c1-22(2)18-30(51-40(62)33(57)21-71(67,68)69)38(60)53-36-25(7)70-44(66)35(24(5)6)52-39(61)31(20-26-11-13-27(56)14-12-26)54(8)43(65)32(19-23(3)4)55-34(58)16-15-29(42(55)64)50-37(59)28(49-41(36)63)10-9-17-48-45(46)47/h11-14,22-25,28-36,56-58H,9-10,15-21H2,1-8H3,(H,49,63)(H,50,59)(H,51,62)(H,52,61)(H,53,60)(H4,46,47,48)(H,67,68,69)/t25-,28+,29+,30-,31+,32+,33-,34-,35+,36+/m1/s1. The fraction of sp³-hybridized carbons (Fsp3) is 0.667. The molecule has 10 atom stereocenters. The van der Waals surface area contributed by atoms with Crippen molar-refractivity contribution in [2.45, 2.75) is 154 Å². The van der Waals surface area contributed by atoms with E-state index in [2.05, 4.69) is 31.6 Å². The number of carbonyl (C=O) groups is 8. The molecule has 0 spiro atoms. The minimum absolute atomic E-state index is 0.00244. The highest BCUT2D eigenvalue weighted by molar-refractivity contribution is 7.85. The van der Waals surface area contributed by atoms with Crippen LogP contribution in [0, 0.1) is 17.8 Å². The Hall–Kier alpha value is -6.12. The molecule has 0 unspecified atom stereocenters. The molecule has 13 N–H and O–H groups in total. The summed E-state index contributed by atoms with van der Waals surface area (Å²) >= 11 is 0. The fourth-order valence-corrected chi connectivity index (χ4v) is 8.65. The molecule has 25 nitrogen and oxygen atoms in total. The highest BCUT2D eigenvalue weighted by Gasteiger charge is 2.46. The third-order valence-corrected chi connectivity index (χ3v) is 12.6. The predicted molar refractivity (Wildman–Crippen MR) is 256 cm³/mol. The van der Waals surface area contributed by atoms with Gasteiger partial charge in [0.05, 0.1) is 0 Å². The second-order valence-corrected chi connectivity index (χ2v) is 20.7. The van der Waals surface area contributed by atoms with Gasteiger partial charge in [0.15, 0.2) is 5.96 Å². The number of hydrogen-bond acceptors (Lipinski definition) is 15. The van der Waals surface area contributed by atoms with Crippen molar-refractivity contribution in [2.75, 3.05) is 19.3 Å². The van der Waals surface area contributed by atoms with Crippen LogP contribution in [0.25, 0.3) is 0 Å². The quantitative estimate of drug-likeness (QED) is 0.0252. The molecule has 1 aromatic rings. The number of ether oxygens (including phenoxy) is 1. The number of carbonyl (C=O) groups excluding carboxylic acids is 8. The number of amides is 7. The van der Waals surface area contributed by atoms with Gasteiger partial charge in [-0.15, -0.1) is 0 Å². The third-order valence-electron chi connectivity index (χ3n) is 11.9. The minimum Gasteiger partial charge on any atom is -0.508 e. The molecule has 1 aromatic carbocycles. The Morgan fingerprint density at radius 2 is 1.52 bits per heavy atom. The van der Waals surface area contributed by atoms with Crippen LogP contribution in [0.15, 0.2) is 29.3 Å². The summed E-state index contributed by atoms with van der Waals surface area (Å²) in [5.41, 5.74) is 11.5. The first kappa shape index (κ1) is 59.2. The Morgan fingerprint density at radius 3 is 2.08 bits per heavy atom. The van der Waals surface area contributed by atoms with E-state index in [-0.39, 0.29) is 75.0 Å². The smallest absolute Gasteiger partial charge is 0.329 e. The first-order chi connectivity index (χ1) is 33.0. The molecule has 2 aliphatic rings. The number of guanidine groups is 1. The number of rotatable bonds is 17. The Balaban J connectivity index is 2.25. The molecule has 2 heterocycles. The first-order valence-electron chi connectivity index (χ1n) is 23.5. The second kappa shape index (κ2) is 26.4. The maximum absolute atomic E-state index is 14.8. The van der Waals surface area contributed by atoms with Crippen LogP contribution in [-0.4, -0.2) is 171 Å². The van der Waals surface area contributed by atoms with Crippen LogP contribution in [0.2, 0.25) is 0 Å². The molecule has 2 fully saturated rings. The Labute approximate surface area is 413 Å². The van der Waals surface area contributed by atoms with Gasteiger partial charge in [0.1, 0.15) is 72.2 Å². The zero-order valence-corrected chi connectivity index (χ0v) is 42.2. The van der Waals surface area contributed by atoms with Crippen molar-refractivity contribution in [1.29, 1.82) is 0 Å². The van der Waals surface area contributed by atoms with Gasteiger partial charge in [0.25, 0.3) is 16.0 Å². The Bertz CT molecular complexity index is 2210. The molecule has 0 saturated carbocycles. The van der Waals surface area contributed by atoms with E-state index in [1.54, 1.807) is 41.5 Å². The van der Waals surface area contributed by atoms with Crippen molar-refractivity contribution >= 4 is 63.4 Å². The molecule has 2 bridgehead atoms. The highest BCUT2D eigenvalue weighted by atomic mass is 32.2. The van der Waals surface area contributed by atoms with Crippen LogP contribution < -0.4 is 38.1 Å². The SMILES string of the molecule is CC(C)C[C@@H](NC(=O)[C@H](O)CS(=O)(=O)O)C(=O)N[C@@H]1C(=O)N[C@@H](CCCN=C(N)N)C(=O)N[C@H]2CC[C@@H](O)N(C2=O)[C@@H](CC(C)C)C(=O)N(C)[C@@H](Cc2ccc(O)cc2)C(=O)N[C@@H](C(C)C)C(=O)O[C@@H]1C. The molecule has 2 aliphatic heterocycles. The summed E-state index contributed by atoms with van der Waals surface area (Å²) in [6.45, 7) is 11.2. The number of aliphatic hydroxyl groups excluding tert-OH is 2. The zero-order valence-electron chi connectivity index (χ0n) is 41.4. The van der Waals surface area contributed by atoms with Gasteiger partial charge in [-0.3, -0.25) is 43.1 Å². The van der Waals surface area contributed by atoms with Crippen LogP contribution in [-0.2, 0) is 59.6 Å². The van der Waals surface area contributed by atoms with Crippen LogP contribution in [0.1, 0.15) is 92.6 Å². The maximum atomic E-state index is 14.8. The molecule has 7 amide bonds. The van der Waals surface area contributed by atoms with Crippen molar-refractivity contribution in [3.05, 3.63) is 29.8 Å². The molecular formula is C45H72N10O15S. The summed E-state index contributed by atoms with van der Waals surface area (Å²) < 4.78 is 37.9. The van der Waals surface area contributed by atoms with E-state index in [1.807, 2.05) is 0 Å². The topological polar surface area (TPSA) is 392 Å². The van der Waals surface area contributed by atoms with Crippen LogP contribution in [0.3, 0.4) is 0 Å².